The molecule has 0 saturated heterocycles. The van der Waals surface area contributed by atoms with Gasteiger partial charge in [0.25, 0.3) is 0 Å². The zero-order valence-electron chi connectivity index (χ0n) is 14.8. The second-order valence-corrected chi connectivity index (χ2v) is 7.62. The summed E-state index contributed by atoms with van der Waals surface area (Å²) in [7, 11) is 0. The highest BCUT2D eigenvalue weighted by Crippen LogP contribution is 2.35. The first-order valence-corrected chi connectivity index (χ1v) is 10.3. The molecule has 0 spiro atoms. The second kappa shape index (κ2) is 8.88. The van der Waals surface area contributed by atoms with Gasteiger partial charge in [-0.2, -0.15) is 0 Å². The number of nitrogens with zero attached hydrogens (tertiary/aromatic N) is 1. The molecule has 27 heavy (non-hydrogen) atoms. The van der Waals surface area contributed by atoms with Gasteiger partial charge in [0.2, 0.25) is 5.90 Å². The lowest BCUT2D eigenvalue weighted by atomic mass is 10.1. The fourth-order valence-corrected chi connectivity index (χ4v) is 3.55. The van der Waals surface area contributed by atoms with Crippen molar-refractivity contribution < 1.29 is 19.0 Å². The summed E-state index contributed by atoms with van der Waals surface area (Å²) in [6, 6.07) is 11.2. The van der Waals surface area contributed by atoms with Crippen LogP contribution in [-0.4, -0.2) is 25.1 Å². The Balaban J connectivity index is 1.95. The number of rotatable bonds is 6. The van der Waals surface area contributed by atoms with Crippen molar-refractivity contribution in [2.24, 2.45) is 4.99 Å². The Kier molecular flexibility index (Phi) is 6.54. The van der Waals surface area contributed by atoms with Crippen LogP contribution in [0.25, 0.3) is 6.08 Å². The van der Waals surface area contributed by atoms with E-state index in [1.165, 1.54) is 0 Å². The normalized spacial score (nSPS) is 14.9. The summed E-state index contributed by atoms with van der Waals surface area (Å²) in [5.41, 5.74) is 1.78. The van der Waals surface area contributed by atoms with Crippen LogP contribution in [0, 0.1) is 3.57 Å². The van der Waals surface area contributed by atoms with Crippen molar-refractivity contribution in [2.45, 2.75) is 13.8 Å². The molecule has 0 aliphatic carbocycles. The number of halogens is 2. The van der Waals surface area contributed by atoms with Crippen LogP contribution < -0.4 is 9.47 Å². The molecule has 3 rings (SSSR count). The number of benzene rings is 2. The van der Waals surface area contributed by atoms with E-state index in [1.54, 1.807) is 6.08 Å². The van der Waals surface area contributed by atoms with Gasteiger partial charge in [-0.15, -0.1) is 0 Å². The van der Waals surface area contributed by atoms with Gasteiger partial charge in [0, 0.05) is 10.0 Å². The molecular formula is C20H17BrINO4. The van der Waals surface area contributed by atoms with Gasteiger partial charge in [0.05, 0.1) is 16.8 Å². The molecule has 0 aromatic heterocycles. The van der Waals surface area contributed by atoms with Crippen LogP contribution in [0.2, 0.25) is 0 Å². The van der Waals surface area contributed by atoms with E-state index in [0.29, 0.717) is 30.6 Å². The molecule has 0 unspecified atom stereocenters. The Morgan fingerprint density at radius 1 is 1.15 bits per heavy atom. The minimum atomic E-state index is -0.477. The molecule has 7 heteroatoms. The predicted molar refractivity (Wildman–Crippen MR) is 116 cm³/mol. The van der Waals surface area contributed by atoms with Gasteiger partial charge in [0.15, 0.2) is 17.2 Å². The van der Waals surface area contributed by atoms with E-state index in [0.717, 1.165) is 19.2 Å². The van der Waals surface area contributed by atoms with Crippen LogP contribution in [0.3, 0.4) is 0 Å². The summed E-state index contributed by atoms with van der Waals surface area (Å²) >= 11 is 5.58. The largest absolute Gasteiger partial charge is 0.490 e. The summed E-state index contributed by atoms with van der Waals surface area (Å²) < 4.78 is 18.5. The van der Waals surface area contributed by atoms with E-state index in [-0.39, 0.29) is 5.70 Å². The minimum Gasteiger partial charge on any atom is -0.490 e. The number of cyclic esters (lactones) is 1. The maximum atomic E-state index is 12.2. The fourth-order valence-electron chi connectivity index (χ4n) is 2.50. The molecule has 1 heterocycles. The molecular weight excluding hydrogens is 525 g/mol. The average molecular weight is 542 g/mol. The number of esters is 1. The van der Waals surface area contributed by atoms with Gasteiger partial charge in [0.1, 0.15) is 0 Å². The highest BCUT2D eigenvalue weighted by atomic mass is 127. The van der Waals surface area contributed by atoms with Crippen LogP contribution in [0.5, 0.6) is 11.5 Å². The molecule has 0 atom stereocenters. The van der Waals surface area contributed by atoms with E-state index >= 15 is 0 Å². The number of carbonyl (C=O) groups excluding carboxylic acids is 1. The minimum absolute atomic E-state index is 0.246. The topological polar surface area (TPSA) is 57.1 Å². The number of ether oxygens (including phenoxy) is 3. The monoisotopic (exact) mass is 541 g/mol. The first-order chi connectivity index (χ1) is 13.0. The van der Waals surface area contributed by atoms with Crippen molar-refractivity contribution in [2.75, 3.05) is 13.2 Å². The van der Waals surface area contributed by atoms with E-state index in [9.17, 15) is 4.79 Å². The first-order valence-electron chi connectivity index (χ1n) is 8.39. The Morgan fingerprint density at radius 2 is 1.85 bits per heavy atom. The number of hydrogen-bond acceptors (Lipinski definition) is 5. The second-order valence-electron chi connectivity index (χ2n) is 5.54. The Hall–Kier alpha value is -1.87. The molecule has 0 saturated carbocycles. The third kappa shape index (κ3) is 4.70. The smallest absolute Gasteiger partial charge is 0.363 e. The summed E-state index contributed by atoms with van der Waals surface area (Å²) in [5.74, 6) is 1.16. The number of aliphatic imine (C=N–C) groups is 1. The molecule has 0 fully saturated rings. The lowest BCUT2D eigenvalue weighted by molar-refractivity contribution is -0.129. The van der Waals surface area contributed by atoms with Crippen LogP contribution in [-0.2, 0) is 9.53 Å². The van der Waals surface area contributed by atoms with Crippen LogP contribution >= 0.6 is 38.5 Å². The van der Waals surface area contributed by atoms with Crippen molar-refractivity contribution in [1.82, 2.24) is 0 Å². The zero-order valence-corrected chi connectivity index (χ0v) is 18.5. The van der Waals surface area contributed by atoms with Gasteiger partial charge < -0.3 is 14.2 Å². The van der Waals surface area contributed by atoms with Crippen molar-refractivity contribution in [3.8, 4) is 11.5 Å². The van der Waals surface area contributed by atoms with Crippen LogP contribution in [0.1, 0.15) is 25.0 Å². The molecule has 1 aliphatic heterocycles. The predicted octanol–water partition coefficient (Wildman–Crippen LogP) is 5.20. The molecule has 2 aromatic carbocycles. The summed E-state index contributed by atoms with van der Waals surface area (Å²) in [6.45, 7) is 4.90. The third-order valence-electron chi connectivity index (χ3n) is 3.64. The summed E-state index contributed by atoms with van der Waals surface area (Å²) in [6.07, 6.45) is 1.69. The van der Waals surface area contributed by atoms with E-state index in [1.807, 2.05) is 50.2 Å². The van der Waals surface area contributed by atoms with Crippen LogP contribution in [0.4, 0.5) is 0 Å². The zero-order chi connectivity index (χ0) is 19.4. The Labute approximate surface area is 179 Å². The highest BCUT2D eigenvalue weighted by Gasteiger charge is 2.24. The maximum absolute atomic E-state index is 12.2. The number of carbonyl (C=O) groups is 1. The van der Waals surface area contributed by atoms with Gasteiger partial charge in [-0.05, 0) is 84.5 Å². The quantitative estimate of drug-likeness (QED) is 0.287. The fraction of sp³-hybridized carbons (Fsp3) is 0.200. The molecule has 1 aliphatic rings. The SMILES string of the molecule is CCOc1cc(/C=C2\N=C(c3ccc(Br)cc3)OC2=O)cc(I)c1OCC. The van der Waals surface area contributed by atoms with E-state index in [4.69, 9.17) is 14.2 Å². The first kappa shape index (κ1) is 19.9. The summed E-state index contributed by atoms with van der Waals surface area (Å²) in [5, 5.41) is 0. The molecule has 0 amide bonds. The maximum Gasteiger partial charge on any atom is 0.363 e. The van der Waals surface area contributed by atoms with Gasteiger partial charge >= 0.3 is 5.97 Å². The third-order valence-corrected chi connectivity index (χ3v) is 4.97. The summed E-state index contributed by atoms with van der Waals surface area (Å²) in [4.78, 5) is 16.6. The van der Waals surface area contributed by atoms with Crippen LogP contribution in [0.15, 0.2) is 51.6 Å². The van der Waals surface area contributed by atoms with Gasteiger partial charge in [-0.3, -0.25) is 0 Å². The van der Waals surface area contributed by atoms with Crippen molar-refractivity contribution in [3.63, 3.8) is 0 Å². The molecule has 0 radical (unpaired) electrons. The van der Waals surface area contributed by atoms with Gasteiger partial charge in [-0.1, -0.05) is 15.9 Å². The lowest BCUT2D eigenvalue weighted by Crippen LogP contribution is -2.05. The molecule has 140 valence electrons. The molecule has 2 aromatic rings. The van der Waals surface area contributed by atoms with Crippen molar-refractivity contribution >= 4 is 56.5 Å². The van der Waals surface area contributed by atoms with Crippen molar-refractivity contribution in [3.05, 3.63) is 61.3 Å². The standard InChI is InChI=1S/C20H17BrINO4/c1-3-25-17-11-12(9-15(22)18(17)26-4-2)10-16-20(24)27-19(23-16)13-5-7-14(21)8-6-13/h5-11H,3-4H2,1-2H3/b16-10-. The molecule has 0 bridgehead atoms. The van der Waals surface area contributed by atoms with E-state index in [2.05, 4.69) is 43.5 Å². The van der Waals surface area contributed by atoms with Gasteiger partial charge in [-0.25, -0.2) is 9.79 Å². The average Bonchev–Trinajstić information content (AvgIpc) is 2.99. The molecule has 5 nitrogen and oxygen atoms in total. The number of hydrogen-bond donors (Lipinski definition) is 0. The Bertz CT molecular complexity index is 922. The lowest BCUT2D eigenvalue weighted by Gasteiger charge is -2.13. The van der Waals surface area contributed by atoms with Crippen molar-refractivity contribution in [1.29, 1.82) is 0 Å². The highest BCUT2D eigenvalue weighted by molar-refractivity contribution is 14.1. The van der Waals surface area contributed by atoms with E-state index < -0.39 is 5.97 Å². The Morgan fingerprint density at radius 3 is 2.52 bits per heavy atom. The molecule has 0 N–H and O–H groups in total.